The van der Waals surface area contributed by atoms with E-state index in [1.54, 1.807) is 0 Å². The number of carbonyl (C=O) groups excluding carboxylic acids is 1. The average molecular weight is 239 g/mol. The lowest BCUT2D eigenvalue weighted by atomic mass is 10.3. The van der Waals surface area contributed by atoms with E-state index in [1.807, 2.05) is 0 Å². The van der Waals surface area contributed by atoms with Crippen molar-refractivity contribution in [1.82, 2.24) is 5.32 Å². The van der Waals surface area contributed by atoms with Crippen molar-refractivity contribution < 1.29 is 36.2 Å². The first-order chi connectivity index (χ1) is 6.63. The lowest BCUT2D eigenvalue weighted by Crippen LogP contribution is -2.49. The van der Waals surface area contributed by atoms with Crippen LogP contribution >= 0.6 is 0 Å². The Morgan fingerprint density at radius 2 is 1.73 bits per heavy atom. The van der Waals surface area contributed by atoms with Crippen LogP contribution in [0.25, 0.3) is 0 Å². The summed E-state index contributed by atoms with van der Waals surface area (Å²) in [6, 6.07) is 0. The second-order valence-electron chi connectivity index (χ2n) is 2.62. The third kappa shape index (κ3) is 3.94. The zero-order valence-electron chi connectivity index (χ0n) is 7.11. The summed E-state index contributed by atoms with van der Waals surface area (Å²) >= 11 is 0. The van der Waals surface area contributed by atoms with Crippen LogP contribution in [0.5, 0.6) is 0 Å². The molecule has 90 valence electrons. The van der Waals surface area contributed by atoms with E-state index < -0.39 is 37.3 Å². The van der Waals surface area contributed by atoms with Gasteiger partial charge in [0.1, 0.15) is 6.61 Å². The smallest absolute Gasteiger partial charge is 0.383 e. The predicted octanol–water partition coefficient (Wildman–Crippen LogP) is 0.631. The van der Waals surface area contributed by atoms with Gasteiger partial charge in [-0.1, -0.05) is 0 Å². The number of aliphatic hydroxyl groups excluding tert-OH is 1. The van der Waals surface area contributed by atoms with Crippen LogP contribution in [0.15, 0.2) is 0 Å². The topological polar surface area (TPSA) is 49.3 Å². The Hall–Kier alpha value is -0.990. The van der Waals surface area contributed by atoms with Crippen molar-refractivity contribution >= 4 is 5.91 Å². The zero-order chi connectivity index (χ0) is 12.3. The van der Waals surface area contributed by atoms with Gasteiger partial charge in [-0.05, 0) is 0 Å². The van der Waals surface area contributed by atoms with Crippen LogP contribution in [-0.4, -0.2) is 42.4 Å². The molecule has 0 saturated heterocycles. The first kappa shape index (κ1) is 14.0. The van der Waals surface area contributed by atoms with Crippen molar-refractivity contribution in [1.29, 1.82) is 0 Å². The number of hydrogen-bond donors (Lipinski definition) is 2. The highest BCUT2D eigenvalue weighted by Crippen LogP contribution is 2.23. The minimum atomic E-state index is -5.02. The van der Waals surface area contributed by atoms with Gasteiger partial charge in [0.15, 0.2) is 0 Å². The van der Waals surface area contributed by atoms with Gasteiger partial charge >= 0.3 is 12.3 Å². The van der Waals surface area contributed by atoms with Crippen LogP contribution in [0.4, 0.5) is 26.3 Å². The molecule has 0 bridgehead atoms. The number of amides is 1. The monoisotopic (exact) mass is 239 g/mol. The standard InChI is InChI=1S/C6H7F6NO2/c7-3(8)6(11,12)4(15)13-1-5(9,10)2-14/h3,14H,1-2H2,(H,13,15). The van der Waals surface area contributed by atoms with E-state index in [9.17, 15) is 31.1 Å². The molecule has 0 radical (unpaired) electrons. The molecule has 0 heterocycles. The van der Waals surface area contributed by atoms with Gasteiger partial charge in [0, 0.05) is 0 Å². The van der Waals surface area contributed by atoms with Crippen LogP contribution in [0.1, 0.15) is 0 Å². The van der Waals surface area contributed by atoms with Crippen molar-refractivity contribution in [3.8, 4) is 0 Å². The molecule has 0 aliphatic rings. The Morgan fingerprint density at radius 1 is 1.27 bits per heavy atom. The largest absolute Gasteiger partial charge is 0.390 e. The molecule has 0 atom stereocenters. The van der Waals surface area contributed by atoms with E-state index in [1.165, 1.54) is 0 Å². The molecule has 0 aromatic rings. The van der Waals surface area contributed by atoms with Crippen LogP contribution < -0.4 is 5.32 Å². The number of nitrogens with one attached hydrogen (secondary N) is 1. The van der Waals surface area contributed by atoms with Gasteiger partial charge in [0.2, 0.25) is 0 Å². The first-order valence-corrected chi connectivity index (χ1v) is 3.56. The molecule has 1 amide bonds. The quantitative estimate of drug-likeness (QED) is 0.691. The normalized spacial score (nSPS) is 13.1. The van der Waals surface area contributed by atoms with Gasteiger partial charge in [-0.3, -0.25) is 4.79 Å². The second-order valence-corrected chi connectivity index (χ2v) is 2.62. The molecule has 0 aromatic heterocycles. The minimum absolute atomic E-state index is 0.917. The fourth-order valence-electron chi connectivity index (χ4n) is 0.482. The maximum atomic E-state index is 12.2. The number of hydrogen-bond acceptors (Lipinski definition) is 2. The third-order valence-electron chi connectivity index (χ3n) is 1.32. The summed E-state index contributed by atoms with van der Waals surface area (Å²) in [5, 5.41) is 8.90. The molecule has 9 heteroatoms. The minimum Gasteiger partial charge on any atom is -0.390 e. The fraction of sp³-hybridized carbons (Fsp3) is 0.833. The summed E-state index contributed by atoms with van der Waals surface area (Å²) in [6.45, 7) is -3.32. The number of aliphatic hydroxyl groups is 1. The molecule has 0 saturated carbocycles. The molecule has 15 heavy (non-hydrogen) atoms. The van der Waals surface area contributed by atoms with Gasteiger partial charge in [-0.2, -0.15) is 8.78 Å². The van der Waals surface area contributed by atoms with Crippen molar-refractivity contribution in [2.75, 3.05) is 13.2 Å². The summed E-state index contributed by atoms with van der Waals surface area (Å²) in [5.74, 6) is -11.4. The van der Waals surface area contributed by atoms with E-state index >= 15 is 0 Å². The molecular weight excluding hydrogens is 232 g/mol. The molecule has 0 spiro atoms. The highest BCUT2D eigenvalue weighted by molar-refractivity contribution is 5.83. The number of halogens is 6. The zero-order valence-corrected chi connectivity index (χ0v) is 7.11. The molecule has 0 fully saturated rings. The van der Waals surface area contributed by atoms with Crippen molar-refractivity contribution in [3.63, 3.8) is 0 Å². The molecule has 0 aromatic carbocycles. The number of alkyl halides is 6. The lowest BCUT2D eigenvalue weighted by Gasteiger charge is -2.18. The van der Waals surface area contributed by atoms with E-state index in [-0.39, 0.29) is 0 Å². The van der Waals surface area contributed by atoms with Crippen LogP contribution in [0.2, 0.25) is 0 Å². The van der Waals surface area contributed by atoms with E-state index in [0.717, 1.165) is 5.32 Å². The third-order valence-corrected chi connectivity index (χ3v) is 1.32. The molecule has 0 rings (SSSR count). The Bertz CT molecular complexity index is 232. The first-order valence-electron chi connectivity index (χ1n) is 3.56. The Labute approximate surface area is 80.1 Å². The number of carbonyl (C=O) groups is 1. The maximum Gasteiger partial charge on any atom is 0.383 e. The van der Waals surface area contributed by atoms with Crippen molar-refractivity contribution in [2.24, 2.45) is 0 Å². The Kier molecular flexibility index (Phi) is 4.38. The van der Waals surface area contributed by atoms with Gasteiger partial charge < -0.3 is 10.4 Å². The van der Waals surface area contributed by atoms with Gasteiger partial charge in [0.05, 0.1) is 6.54 Å². The Balaban J connectivity index is 4.28. The summed E-state index contributed by atoms with van der Waals surface area (Å²) in [5.41, 5.74) is 0. The van der Waals surface area contributed by atoms with Crippen molar-refractivity contribution in [3.05, 3.63) is 0 Å². The highest BCUT2D eigenvalue weighted by Gasteiger charge is 2.49. The lowest BCUT2D eigenvalue weighted by molar-refractivity contribution is -0.171. The predicted molar refractivity (Wildman–Crippen MR) is 36.0 cm³/mol. The number of rotatable bonds is 5. The van der Waals surface area contributed by atoms with Gasteiger partial charge in [0.25, 0.3) is 11.8 Å². The molecule has 0 unspecified atom stereocenters. The fourth-order valence-corrected chi connectivity index (χ4v) is 0.482. The SMILES string of the molecule is O=C(NCC(F)(F)CO)C(F)(F)C(F)F. The van der Waals surface area contributed by atoms with Gasteiger partial charge in [-0.15, -0.1) is 0 Å². The van der Waals surface area contributed by atoms with E-state index in [2.05, 4.69) is 0 Å². The Morgan fingerprint density at radius 3 is 2.07 bits per heavy atom. The molecular formula is C6H7F6NO2. The summed E-state index contributed by atoms with van der Waals surface area (Å²) < 4.78 is 71.7. The van der Waals surface area contributed by atoms with Crippen molar-refractivity contribution in [2.45, 2.75) is 18.3 Å². The van der Waals surface area contributed by atoms with Crippen LogP contribution in [0, 0.1) is 0 Å². The average Bonchev–Trinajstić information content (AvgIpc) is 2.14. The molecule has 0 aliphatic carbocycles. The van der Waals surface area contributed by atoms with Gasteiger partial charge in [-0.25, -0.2) is 17.6 Å². The molecule has 0 aliphatic heterocycles. The maximum absolute atomic E-state index is 12.2. The summed E-state index contributed by atoms with van der Waals surface area (Å²) in [7, 11) is 0. The molecule has 3 nitrogen and oxygen atoms in total. The van der Waals surface area contributed by atoms with E-state index in [0.29, 0.717) is 0 Å². The summed E-state index contributed by atoms with van der Waals surface area (Å²) in [6.07, 6.45) is -4.28. The van der Waals surface area contributed by atoms with E-state index in [4.69, 9.17) is 5.11 Å². The second kappa shape index (κ2) is 4.69. The summed E-state index contributed by atoms with van der Waals surface area (Å²) in [4.78, 5) is 10.3. The van der Waals surface area contributed by atoms with Crippen LogP contribution in [0.3, 0.4) is 0 Å². The highest BCUT2D eigenvalue weighted by atomic mass is 19.3. The molecule has 2 N–H and O–H groups in total. The van der Waals surface area contributed by atoms with Crippen LogP contribution in [-0.2, 0) is 4.79 Å².